The Hall–Kier alpha value is -2.22. The summed E-state index contributed by atoms with van der Waals surface area (Å²) >= 11 is 0. The number of fused-ring (bicyclic) bond motifs is 1. The Morgan fingerprint density at radius 1 is 1.26 bits per heavy atom. The van der Waals surface area contributed by atoms with Crippen LogP contribution in [0.25, 0.3) is 0 Å². The summed E-state index contributed by atoms with van der Waals surface area (Å²) in [4.78, 5) is 11.7. The normalized spacial score (nSPS) is 19.1. The van der Waals surface area contributed by atoms with Crippen LogP contribution in [0.5, 0.6) is 0 Å². The zero-order chi connectivity index (χ0) is 19.7. The first-order valence-electron chi connectivity index (χ1n) is 8.92. The van der Waals surface area contributed by atoms with E-state index in [1.54, 1.807) is 49.4 Å². The van der Waals surface area contributed by atoms with Crippen molar-refractivity contribution >= 4 is 15.7 Å². The first-order valence-corrected chi connectivity index (χ1v) is 10.6. The van der Waals surface area contributed by atoms with Crippen molar-refractivity contribution in [2.45, 2.75) is 24.1 Å². The minimum atomic E-state index is -3.73. The molecule has 0 radical (unpaired) electrons. The van der Waals surface area contributed by atoms with Gasteiger partial charge < -0.3 is 16.2 Å². The van der Waals surface area contributed by atoms with Crippen LogP contribution in [-0.2, 0) is 21.0 Å². The molecule has 2 atom stereocenters. The van der Waals surface area contributed by atoms with E-state index >= 15 is 0 Å². The predicted molar refractivity (Wildman–Crippen MR) is 104 cm³/mol. The fourth-order valence-electron chi connectivity index (χ4n) is 3.91. The molecule has 0 aliphatic carbocycles. The molecule has 0 spiro atoms. The van der Waals surface area contributed by atoms with Gasteiger partial charge in [0.05, 0.1) is 12.6 Å². The summed E-state index contributed by atoms with van der Waals surface area (Å²) in [5, 5.41) is 13.7. The van der Waals surface area contributed by atoms with Crippen molar-refractivity contribution in [2.24, 2.45) is 5.73 Å². The van der Waals surface area contributed by atoms with Gasteiger partial charge in [-0.2, -0.15) is 0 Å². The molecule has 7 heteroatoms. The van der Waals surface area contributed by atoms with Gasteiger partial charge >= 0.3 is 0 Å². The number of sulfone groups is 1. The van der Waals surface area contributed by atoms with Gasteiger partial charge in [0.25, 0.3) is 0 Å². The van der Waals surface area contributed by atoms with Gasteiger partial charge in [0.15, 0.2) is 9.84 Å². The second kappa shape index (κ2) is 7.42. The molecule has 4 N–H and O–H groups in total. The molecule has 144 valence electrons. The third kappa shape index (κ3) is 3.16. The Labute approximate surface area is 159 Å². The highest BCUT2D eigenvalue weighted by Crippen LogP contribution is 2.45. The largest absolute Gasteiger partial charge is 0.394 e. The first-order chi connectivity index (χ1) is 12.9. The summed E-state index contributed by atoms with van der Waals surface area (Å²) in [5.74, 6) is -0.694. The third-order valence-electron chi connectivity index (χ3n) is 5.38. The van der Waals surface area contributed by atoms with Crippen molar-refractivity contribution in [1.82, 2.24) is 5.32 Å². The van der Waals surface area contributed by atoms with Gasteiger partial charge in [-0.05, 0) is 41.8 Å². The molecule has 2 aromatic rings. The average molecular weight is 388 g/mol. The number of benzene rings is 2. The lowest BCUT2D eigenvalue weighted by Crippen LogP contribution is -2.53. The van der Waals surface area contributed by atoms with Crippen molar-refractivity contribution in [2.75, 3.05) is 18.9 Å². The maximum Gasteiger partial charge on any atom is 0.248 e. The number of nitrogens with one attached hydrogen (secondary N) is 1. The van der Waals surface area contributed by atoms with Crippen LogP contribution in [0.1, 0.15) is 40.0 Å². The van der Waals surface area contributed by atoms with Gasteiger partial charge in [-0.25, -0.2) is 8.42 Å². The number of hydrogen-bond donors (Lipinski definition) is 3. The van der Waals surface area contributed by atoms with E-state index in [1.165, 1.54) is 0 Å². The standard InChI is InChI=1S/C20H24N2O4S/c1-2-27(25,26)20(13-23,16-6-4-3-5-7-16)18-17-12-15(19(21)24)9-8-14(17)10-11-22-18/h3-9,12,18,22-23H,2,10-11,13H2,1H3,(H2,21,24). The van der Waals surface area contributed by atoms with Crippen LogP contribution < -0.4 is 11.1 Å². The molecular weight excluding hydrogens is 364 g/mol. The molecule has 1 amide bonds. The lowest BCUT2D eigenvalue weighted by molar-refractivity contribution is 0.1000. The summed E-state index contributed by atoms with van der Waals surface area (Å²) in [7, 11) is -3.73. The fourth-order valence-corrected chi connectivity index (χ4v) is 5.68. The molecule has 0 saturated heterocycles. The van der Waals surface area contributed by atoms with Crippen LogP contribution in [0.2, 0.25) is 0 Å². The SMILES string of the molecule is CCS(=O)(=O)C(CO)(c1ccccc1)C1NCCc2ccc(C(N)=O)cc21. The predicted octanol–water partition coefficient (Wildman–Crippen LogP) is 1.29. The zero-order valence-electron chi connectivity index (χ0n) is 15.2. The van der Waals surface area contributed by atoms with Crippen molar-refractivity contribution in [3.05, 3.63) is 70.8 Å². The topological polar surface area (TPSA) is 109 Å². The number of nitrogens with two attached hydrogens (primary N) is 1. The second-order valence-corrected chi connectivity index (χ2v) is 9.27. The van der Waals surface area contributed by atoms with Crippen molar-refractivity contribution in [3.63, 3.8) is 0 Å². The minimum absolute atomic E-state index is 0.120. The number of carbonyl (C=O) groups excluding carboxylic acids is 1. The Bertz CT molecular complexity index is 944. The molecule has 3 rings (SSSR count). The monoisotopic (exact) mass is 388 g/mol. The van der Waals surface area contributed by atoms with Gasteiger partial charge in [-0.15, -0.1) is 0 Å². The van der Waals surface area contributed by atoms with Crippen LogP contribution >= 0.6 is 0 Å². The van der Waals surface area contributed by atoms with E-state index in [2.05, 4.69) is 5.32 Å². The van der Waals surface area contributed by atoms with E-state index in [-0.39, 0.29) is 5.75 Å². The lowest BCUT2D eigenvalue weighted by Gasteiger charge is -2.42. The summed E-state index contributed by atoms with van der Waals surface area (Å²) in [6.45, 7) is 1.57. The van der Waals surface area contributed by atoms with E-state index in [0.29, 0.717) is 29.7 Å². The smallest absolute Gasteiger partial charge is 0.248 e. The minimum Gasteiger partial charge on any atom is -0.394 e. The number of amides is 1. The molecule has 1 heterocycles. The molecule has 6 nitrogen and oxygen atoms in total. The highest BCUT2D eigenvalue weighted by atomic mass is 32.2. The molecule has 0 bridgehead atoms. The average Bonchev–Trinajstić information content (AvgIpc) is 2.69. The van der Waals surface area contributed by atoms with E-state index in [1.807, 2.05) is 6.07 Å². The van der Waals surface area contributed by atoms with Crippen molar-refractivity contribution < 1.29 is 18.3 Å². The molecule has 27 heavy (non-hydrogen) atoms. The van der Waals surface area contributed by atoms with Gasteiger partial charge in [0, 0.05) is 11.3 Å². The van der Waals surface area contributed by atoms with Crippen molar-refractivity contribution in [3.8, 4) is 0 Å². The molecule has 0 saturated carbocycles. The molecule has 2 unspecified atom stereocenters. The highest BCUT2D eigenvalue weighted by molar-refractivity contribution is 7.92. The van der Waals surface area contributed by atoms with Crippen LogP contribution in [0, 0.1) is 0 Å². The Balaban J connectivity index is 2.30. The van der Waals surface area contributed by atoms with E-state index in [9.17, 15) is 18.3 Å². The Morgan fingerprint density at radius 2 is 1.96 bits per heavy atom. The number of primary amides is 1. The summed E-state index contributed by atoms with van der Waals surface area (Å²) < 4.78 is 25.0. The zero-order valence-corrected chi connectivity index (χ0v) is 16.0. The number of hydrogen-bond acceptors (Lipinski definition) is 5. The second-order valence-electron chi connectivity index (χ2n) is 6.73. The maximum absolute atomic E-state index is 13.3. The van der Waals surface area contributed by atoms with Gasteiger partial charge in [-0.3, -0.25) is 4.79 Å². The summed E-state index contributed by atoms with van der Waals surface area (Å²) in [6, 6.07) is 13.2. The molecule has 1 aliphatic rings. The maximum atomic E-state index is 13.3. The molecule has 0 aromatic heterocycles. The quantitative estimate of drug-likeness (QED) is 0.691. The van der Waals surface area contributed by atoms with E-state index in [4.69, 9.17) is 5.73 Å². The van der Waals surface area contributed by atoms with Gasteiger partial charge in [0.1, 0.15) is 4.75 Å². The van der Waals surface area contributed by atoms with Crippen LogP contribution in [0.4, 0.5) is 0 Å². The number of rotatable bonds is 6. The molecular formula is C20H24N2O4S. The van der Waals surface area contributed by atoms with E-state index in [0.717, 1.165) is 5.56 Å². The highest BCUT2D eigenvalue weighted by Gasteiger charge is 2.52. The third-order valence-corrected chi connectivity index (χ3v) is 7.85. The first kappa shape index (κ1) is 19.5. The summed E-state index contributed by atoms with van der Waals surface area (Å²) in [5.41, 5.74) is 7.90. The van der Waals surface area contributed by atoms with E-state index < -0.39 is 33.1 Å². The van der Waals surface area contributed by atoms with Crippen LogP contribution in [0.15, 0.2) is 48.5 Å². The van der Waals surface area contributed by atoms with Crippen molar-refractivity contribution in [1.29, 1.82) is 0 Å². The number of carbonyl (C=O) groups is 1. The molecule has 0 fully saturated rings. The van der Waals surface area contributed by atoms with Crippen LogP contribution in [-0.4, -0.2) is 38.3 Å². The van der Waals surface area contributed by atoms with Gasteiger partial charge in [0.2, 0.25) is 5.91 Å². The lowest BCUT2D eigenvalue weighted by atomic mass is 9.81. The Kier molecular flexibility index (Phi) is 5.37. The summed E-state index contributed by atoms with van der Waals surface area (Å²) in [6.07, 6.45) is 0.702. The van der Waals surface area contributed by atoms with Crippen LogP contribution in [0.3, 0.4) is 0 Å². The number of aliphatic hydroxyl groups is 1. The Morgan fingerprint density at radius 3 is 2.56 bits per heavy atom. The molecule has 1 aliphatic heterocycles. The fraction of sp³-hybridized carbons (Fsp3) is 0.350. The van der Waals surface area contributed by atoms with Gasteiger partial charge in [-0.1, -0.05) is 43.3 Å². The molecule has 2 aromatic carbocycles. The number of aliphatic hydroxyl groups excluding tert-OH is 1.